The molecule has 0 bridgehead atoms. The van der Waals surface area contributed by atoms with Gasteiger partial charge in [-0.2, -0.15) is 0 Å². The molecule has 5 nitrogen and oxygen atoms in total. The number of hydrogen-bond acceptors (Lipinski definition) is 4. The second kappa shape index (κ2) is 5.05. The second-order valence-corrected chi connectivity index (χ2v) is 4.22. The van der Waals surface area contributed by atoms with Crippen molar-refractivity contribution in [3.05, 3.63) is 60.2 Å². The van der Waals surface area contributed by atoms with E-state index >= 15 is 0 Å². The predicted octanol–water partition coefficient (Wildman–Crippen LogP) is 3.11. The summed E-state index contributed by atoms with van der Waals surface area (Å²) in [6, 6.07) is 10.8. The number of aromatic carboxylic acids is 1. The molecule has 0 fully saturated rings. The minimum atomic E-state index is -1.02. The summed E-state index contributed by atoms with van der Waals surface area (Å²) in [7, 11) is 0. The van der Waals surface area contributed by atoms with Crippen LogP contribution < -0.4 is 4.74 Å². The smallest absolute Gasteiger partial charge is 0.338 e. The summed E-state index contributed by atoms with van der Waals surface area (Å²) in [5.41, 5.74) is 0.957. The zero-order valence-electron chi connectivity index (χ0n) is 10.4. The van der Waals surface area contributed by atoms with Crippen LogP contribution in [0.2, 0.25) is 0 Å². The third-order valence-electron chi connectivity index (χ3n) is 2.88. The molecule has 0 spiro atoms. The molecule has 1 N–H and O–H groups in total. The fraction of sp³-hybridized carbons (Fsp3) is 0.0667. The van der Waals surface area contributed by atoms with E-state index < -0.39 is 5.97 Å². The Labute approximate surface area is 114 Å². The molecule has 0 aliphatic carbocycles. The molecular weight excluding hydrogens is 258 g/mol. The molecular formula is C15H11NO4. The highest BCUT2D eigenvalue weighted by Crippen LogP contribution is 2.24. The molecule has 0 aliphatic rings. The van der Waals surface area contributed by atoms with Crippen molar-refractivity contribution in [2.24, 2.45) is 0 Å². The monoisotopic (exact) mass is 269 g/mol. The fourth-order valence-electron chi connectivity index (χ4n) is 1.92. The fourth-order valence-corrected chi connectivity index (χ4v) is 1.92. The highest BCUT2D eigenvalue weighted by atomic mass is 16.5. The Bertz CT molecular complexity index is 758. The van der Waals surface area contributed by atoms with Crippen LogP contribution in [-0.2, 0) is 6.61 Å². The Morgan fingerprint density at radius 3 is 3.00 bits per heavy atom. The second-order valence-electron chi connectivity index (χ2n) is 4.22. The van der Waals surface area contributed by atoms with E-state index in [1.807, 2.05) is 30.3 Å². The van der Waals surface area contributed by atoms with Crippen LogP contribution in [0, 0.1) is 0 Å². The number of carboxylic acid groups (broad SMARTS) is 1. The number of carbonyl (C=O) groups is 1. The van der Waals surface area contributed by atoms with Crippen molar-refractivity contribution < 1.29 is 19.1 Å². The van der Waals surface area contributed by atoms with Gasteiger partial charge in [-0.3, -0.25) is 4.98 Å². The molecule has 2 heterocycles. The highest BCUT2D eigenvalue weighted by molar-refractivity contribution is 5.87. The number of benzene rings is 1. The van der Waals surface area contributed by atoms with Gasteiger partial charge in [-0.15, -0.1) is 0 Å². The van der Waals surface area contributed by atoms with Crippen LogP contribution in [-0.4, -0.2) is 16.1 Å². The molecule has 0 aliphatic heterocycles. The van der Waals surface area contributed by atoms with Crippen molar-refractivity contribution in [3.8, 4) is 5.75 Å². The van der Waals surface area contributed by atoms with Crippen LogP contribution in [0.15, 0.2) is 53.3 Å². The average molecular weight is 269 g/mol. The van der Waals surface area contributed by atoms with Crippen LogP contribution in [0.5, 0.6) is 5.75 Å². The quantitative estimate of drug-likeness (QED) is 0.787. The van der Waals surface area contributed by atoms with E-state index in [2.05, 4.69) is 4.98 Å². The number of furan rings is 1. The number of hydrogen-bond donors (Lipinski definition) is 1. The number of nitrogens with zero attached hydrogens (tertiary/aromatic N) is 1. The van der Waals surface area contributed by atoms with Crippen molar-refractivity contribution in [1.82, 2.24) is 4.98 Å². The first-order chi connectivity index (χ1) is 9.74. The lowest BCUT2D eigenvalue weighted by atomic mass is 10.2. The van der Waals surface area contributed by atoms with Gasteiger partial charge in [0.25, 0.3) is 0 Å². The number of fused-ring (bicyclic) bond motifs is 1. The van der Waals surface area contributed by atoms with E-state index in [1.54, 1.807) is 6.20 Å². The molecule has 0 radical (unpaired) electrons. The Kier molecular flexibility index (Phi) is 3.09. The topological polar surface area (TPSA) is 72.6 Å². The molecule has 3 aromatic rings. The van der Waals surface area contributed by atoms with Crippen molar-refractivity contribution in [2.45, 2.75) is 6.61 Å². The first-order valence-corrected chi connectivity index (χ1v) is 6.01. The molecule has 0 unspecified atom stereocenters. The lowest BCUT2D eigenvalue weighted by molar-refractivity contribution is 0.0696. The lowest BCUT2D eigenvalue weighted by Gasteiger charge is -2.07. The van der Waals surface area contributed by atoms with Crippen LogP contribution in [0.1, 0.15) is 16.1 Å². The molecule has 0 atom stereocenters. The van der Waals surface area contributed by atoms with Gasteiger partial charge in [0.15, 0.2) is 0 Å². The van der Waals surface area contributed by atoms with Gasteiger partial charge in [-0.05, 0) is 30.3 Å². The van der Waals surface area contributed by atoms with Crippen molar-refractivity contribution in [3.63, 3.8) is 0 Å². The maximum absolute atomic E-state index is 10.8. The standard InChI is InChI=1S/C15H11NO4/c17-15(18)10-7-11(19-8-10)9-20-14-5-1-4-13-12(14)3-2-6-16-13/h1-8H,9H2,(H,17,18). The van der Waals surface area contributed by atoms with E-state index in [4.69, 9.17) is 14.3 Å². The first-order valence-electron chi connectivity index (χ1n) is 6.01. The van der Waals surface area contributed by atoms with Crippen LogP contribution >= 0.6 is 0 Å². The summed E-state index contributed by atoms with van der Waals surface area (Å²) in [6.45, 7) is 0.168. The summed E-state index contributed by atoms with van der Waals surface area (Å²) in [6.07, 6.45) is 2.92. The normalized spacial score (nSPS) is 10.6. The van der Waals surface area contributed by atoms with Gasteiger partial charge in [0.05, 0.1) is 11.1 Å². The van der Waals surface area contributed by atoms with Gasteiger partial charge in [0.1, 0.15) is 24.4 Å². The summed E-state index contributed by atoms with van der Waals surface area (Å²) in [4.78, 5) is 15.0. The van der Waals surface area contributed by atoms with Crippen LogP contribution in [0.25, 0.3) is 10.9 Å². The number of aromatic nitrogens is 1. The summed E-state index contributed by atoms with van der Waals surface area (Å²) in [5, 5.41) is 9.72. The van der Waals surface area contributed by atoms with Gasteiger partial charge in [0.2, 0.25) is 0 Å². The van der Waals surface area contributed by atoms with Crippen molar-refractivity contribution in [2.75, 3.05) is 0 Å². The van der Waals surface area contributed by atoms with E-state index in [0.29, 0.717) is 11.5 Å². The van der Waals surface area contributed by atoms with Crippen LogP contribution in [0.3, 0.4) is 0 Å². The van der Waals surface area contributed by atoms with Gasteiger partial charge >= 0.3 is 5.97 Å². The summed E-state index contributed by atoms with van der Waals surface area (Å²) in [5.74, 6) is 0.126. The largest absolute Gasteiger partial charge is 0.485 e. The number of carboxylic acids is 1. The average Bonchev–Trinajstić information content (AvgIpc) is 2.94. The lowest BCUT2D eigenvalue weighted by Crippen LogP contribution is -1.96. The van der Waals surface area contributed by atoms with Gasteiger partial charge in [-0.25, -0.2) is 4.79 Å². The minimum absolute atomic E-state index is 0.114. The van der Waals surface area contributed by atoms with E-state index in [0.717, 1.165) is 10.9 Å². The first kappa shape index (κ1) is 12.2. The zero-order valence-corrected chi connectivity index (χ0v) is 10.4. The number of rotatable bonds is 4. The number of pyridine rings is 1. The minimum Gasteiger partial charge on any atom is -0.485 e. The molecule has 0 saturated heterocycles. The molecule has 1 aromatic carbocycles. The third kappa shape index (κ3) is 2.33. The van der Waals surface area contributed by atoms with Gasteiger partial charge < -0.3 is 14.3 Å². The van der Waals surface area contributed by atoms with Crippen molar-refractivity contribution in [1.29, 1.82) is 0 Å². The van der Waals surface area contributed by atoms with Gasteiger partial charge in [-0.1, -0.05) is 6.07 Å². The summed E-state index contributed by atoms with van der Waals surface area (Å²) < 4.78 is 10.8. The SMILES string of the molecule is O=C(O)c1coc(COc2cccc3ncccc23)c1. The maximum atomic E-state index is 10.8. The molecule has 0 saturated carbocycles. The van der Waals surface area contributed by atoms with E-state index in [-0.39, 0.29) is 12.2 Å². The molecule has 20 heavy (non-hydrogen) atoms. The van der Waals surface area contributed by atoms with E-state index in [1.165, 1.54) is 12.3 Å². The molecule has 3 rings (SSSR count). The highest BCUT2D eigenvalue weighted by Gasteiger charge is 2.09. The Hall–Kier alpha value is -2.82. The van der Waals surface area contributed by atoms with Gasteiger partial charge in [0, 0.05) is 11.6 Å². The Balaban J connectivity index is 1.81. The predicted molar refractivity (Wildman–Crippen MR) is 71.7 cm³/mol. The van der Waals surface area contributed by atoms with E-state index in [9.17, 15) is 4.79 Å². The van der Waals surface area contributed by atoms with Crippen LogP contribution in [0.4, 0.5) is 0 Å². The molecule has 100 valence electrons. The molecule has 2 aromatic heterocycles. The Morgan fingerprint density at radius 1 is 1.30 bits per heavy atom. The summed E-state index contributed by atoms with van der Waals surface area (Å²) >= 11 is 0. The number of ether oxygens (including phenoxy) is 1. The molecule has 0 amide bonds. The zero-order chi connectivity index (χ0) is 13.9. The maximum Gasteiger partial charge on any atom is 0.338 e. The molecule has 5 heteroatoms. The third-order valence-corrected chi connectivity index (χ3v) is 2.88. The Morgan fingerprint density at radius 2 is 2.20 bits per heavy atom. The van der Waals surface area contributed by atoms with Crippen molar-refractivity contribution >= 4 is 16.9 Å².